The number of nitrogens with zero attached hydrogens (tertiary/aromatic N) is 2. The molecule has 0 atom stereocenters. The van der Waals surface area contributed by atoms with Crippen molar-refractivity contribution in [3.8, 4) is 5.75 Å². The van der Waals surface area contributed by atoms with Crippen LogP contribution in [-0.4, -0.2) is 21.5 Å². The molecule has 1 N–H and O–H groups in total. The Kier molecular flexibility index (Phi) is 3.94. The van der Waals surface area contributed by atoms with Crippen LogP contribution in [0.3, 0.4) is 0 Å². The number of benzene rings is 1. The number of aryl methyl sites for hydroxylation is 1. The van der Waals surface area contributed by atoms with Crippen LogP contribution in [0.25, 0.3) is 0 Å². The summed E-state index contributed by atoms with van der Waals surface area (Å²) in [6.07, 6.45) is 4.33. The maximum atomic E-state index is 13.5. The monoisotopic (exact) mass is 250 g/mol. The zero-order chi connectivity index (χ0) is 13.0. The van der Waals surface area contributed by atoms with Crippen molar-refractivity contribution < 1.29 is 14.2 Å². The second-order valence-electron chi connectivity index (χ2n) is 4.04. The molecule has 0 radical (unpaired) electrons. The molecule has 1 aromatic heterocycles. The Balaban J connectivity index is 1.90. The number of ether oxygens (including phenoxy) is 1. The Morgan fingerprint density at radius 3 is 2.83 bits per heavy atom. The molecule has 18 heavy (non-hydrogen) atoms. The van der Waals surface area contributed by atoms with E-state index < -0.39 is 5.82 Å². The van der Waals surface area contributed by atoms with E-state index in [1.54, 1.807) is 16.9 Å². The largest absolute Gasteiger partial charge is 0.490 e. The first-order valence-corrected chi connectivity index (χ1v) is 5.68. The molecule has 96 valence electrons. The average molecular weight is 250 g/mol. The molecule has 1 aromatic carbocycles. The predicted molar refractivity (Wildman–Crippen MR) is 64.7 cm³/mol. The van der Waals surface area contributed by atoms with Gasteiger partial charge in [-0.3, -0.25) is 4.68 Å². The molecular formula is C13H15FN2O2. The molecule has 0 fully saturated rings. The van der Waals surface area contributed by atoms with Crippen LogP contribution in [0.5, 0.6) is 5.75 Å². The van der Waals surface area contributed by atoms with Gasteiger partial charge >= 0.3 is 0 Å². The number of rotatable bonds is 5. The first-order chi connectivity index (χ1) is 8.69. The topological polar surface area (TPSA) is 47.3 Å². The lowest BCUT2D eigenvalue weighted by molar-refractivity contribution is 0.279. The third kappa shape index (κ3) is 3.07. The molecule has 5 heteroatoms. The van der Waals surface area contributed by atoms with E-state index in [9.17, 15) is 4.39 Å². The summed E-state index contributed by atoms with van der Waals surface area (Å²) in [6, 6.07) is 4.45. The van der Waals surface area contributed by atoms with Gasteiger partial charge in [-0.2, -0.15) is 5.10 Å². The quantitative estimate of drug-likeness (QED) is 0.878. The molecule has 0 spiro atoms. The summed E-state index contributed by atoms with van der Waals surface area (Å²) < 4.78 is 20.6. The highest BCUT2D eigenvalue weighted by molar-refractivity contribution is 5.29. The zero-order valence-corrected chi connectivity index (χ0v) is 10.1. The molecule has 0 aliphatic carbocycles. The molecule has 0 aliphatic rings. The van der Waals surface area contributed by atoms with Crippen LogP contribution in [0.2, 0.25) is 0 Å². The smallest absolute Gasteiger partial charge is 0.165 e. The third-order valence-corrected chi connectivity index (χ3v) is 2.59. The van der Waals surface area contributed by atoms with Crippen LogP contribution in [0.15, 0.2) is 30.6 Å². The number of hydrogen-bond donors (Lipinski definition) is 1. The number of aliphatic hydroxyl groups excluding tert-OH is 1. The summed E-state index contributed by atoms with van der Waals surface area (Å²) in [5.41, 5.74) is 1.58. The van der Waals surface area contributed by atoms with Crippen LogP contribution in [0, 0.1) is 5.82 Å². The minimum Gasteiger partial charge on any atom is -0.490 e. The SMILES string of the molecule is Cn1cc(CCOc2ccc(CO)cc2F)cn1. The van der Waals surface area contributed by atoms with Gasteiger partial charge in [0.1, 0.15) is 0 Å². The van der Waals surface area contributed by atoms with E-state index in [1.165, 1.54) is 12.1 Å². The van der Waals surface area contributed by atoms with Crippen molar-refractivity contribution >= 4 is 0 Å². The molecule has 2 rings (SSSR count). The highest BCUT2D eigenvalue weighted by Gasteiger charge is 2.05. The lowest BCUT2D eigenvalue weighted by atomic mass is 10.2. The number of hydrogen-bond acceptors (Lipinski definition) is 3. The Hall–Kier alpha value is -1.88. The minimum atomic E-state index is -0.451. The summed E-state index contributed by atoms with van der Waals surface area (Å²) in [5, 5.41) is 12.9. The van der Waals surface area contributed by atoms with E-state index in [4.69, 9.17) is 9.84 Å². The minimum absolute atomic E-state index is 0.174. The van der Waals surface area contributed by atoms with Crippen molar-refractivity contribution in [3.63, 3.8) is 0 Å². The van der Waals surface area contributed by atoms with Gasteiger partial charge in [0.2, 0.25) is 0 Å². The molecule has 0 saturated carbocycles. The summed E-state index contributed by atoms with van der Waals surface area (Å²) in [5.74, 6) is -0.246. The van der Waals surface area contributed by atoms with E-state index in [0.29, 0.717) is 18.6 Å². The number of halogens is 1. The normalized spacial score (nSPS) is 10.6. The van der Waals surface area contributed by atoms with Gasteiger partial charge in [0.15, 0.2) is 11.6 Å². The molecule has 0 bridgehead atoms. The van der Waals surface area contributed by atoms with E-state index in [-0.39, 0.29) is 12.4 Å². The second kappa shape index (κ2) is 5.64. The summed E-state index contributed by atoms with van der Waals surface area (Å²) in [4.78, 5) is 0. The molecule has 4 nitrogen and oxygen atoms in total. The molecule has 1 heterocycles. The van der Waals surface area contributed by atoms with Crippen LogP contribution in [-0.2, 0) is 20.1 Å². The van der Waals surface area contributed by atoms with Crippen LogP contribution in [0.1, 0.15) is 11.1 Å². The fraction of sp³-hybridized carbons (Fsp3) is 0.308. The van der Waals surface area contributed by atoms with E-state index in [1.807, 2.05) is 13.2 Å². The highest BCUT2D eigenvalue weighted by Crippen LogP contribution is 2.18. The third-order valence-electron chi connectivity index (χ3n) is 2.59. The standard InChI is InChI=1S/C13H15FN2O2/c1-16-8-11(7-15-16)4-5-18-13-3-2-10(9-17)6-12(13)14/h2-3,6-8,17H,4-5,9H2,1H3. The molecule has 0 unspecified atom stereocenters. The summed E-state index contributed by atoms with van der Waals surface area (Å²) >= 11 is 0. The molecule has 0 aliphatic heterocycles. The maximum absolute atomic E-state index is 13.5. The van der Waals surface area contributed by atoms with Crippen LogP contribution >= 0.6 is 0 Å². The fourth-order valence-electron chi connectivity index (χ4n) is 1.64. The molecule has 0 amide bonds. The van der Waals surface area contributed by atoms with Gasteiger partial charge in [0, 0.05) is 19.7 Å². The van der Waals surface area contributed by atoms with E-state index >= 15 is 0 Å². The summed E-state index contributed by atoms with van der Waals surface area (Å²) in [7, 11) is 1.84. The van der Waals surface area contributed by atoms with Crippen molar-refractivity contribution in [3.05, 3.63) is 47.5 Å². The predicted octanol–water partition coefficient (Wildman–Crippen LogP) is 1.67. The average Bonchev–Trinajstić information content (AvgIpc) is 2.77. The second-order valence-corrected chi connectivity index (χ2v) is 4.04. The van der Waals surface area contributed by atoms with Crippen molar-refractivity contribution in [1.29, 1.82) is 0 Å². The fourth-order valence-corrected chi connectivity index (χ4v) is 1.64. The maximum Gasteiger partial charge on any atom is 0.165 e. The van der Waals surface area contributed by atoms with Crippen molar-refractivity contribution in [2.45, 2.75) is 13.0 Å². The molecule has 0 saturated heterocycles. The van der Waals surface area contributed by atoms with Gasteiger partial charge in [0.05, 0.1) is 19.4 Å². The Morgan fingerprint density at radius 1 is 1.39 bits per heavy atom. The van der Waals surface area contributed by atoms with Crippen LogP contribution in [0.4, 0.5) is 4.39 Å². The van der Waals surface area contributed by atoms with Gasteiger partial charge in [-0.1, -0.05) is 6.07 Å². The lowest BCUT2D eigenvalue weighted by Crippen LogP contribution is -2.02. The Labute approximate surface area is 105 Å². The van der Waals surface area contributed by atoms with Crippen molar-refractivity contribution in [1.82, 2.24) is 9.78 Å². The number of aliphatic hydroxyl groups is 1. The highest BCUT2D eigenvalue weighted by atomic mass is 19.1. The summed E-state index contributed by atoms with van der Waals surface area (Å²) in [6.45, 7) is 0.216. The van der Waals surface area contributed by atoms with Gasteiger partial charge in [-0.25, -0.2) is 4.39 Å². The number of aromatic nitrogens is 2. The van der Waals surface area contributed by atoms with Gasteiger partial charge in [-0.05, 0) is 23.3 Å². The van der Waals surface area contributed by atoms with Crippen molar-refractivity contribution in [2.24, 2.45) is 7.05 Å². The first kappa shape index (κ1) is 12.6. The van der Waals surface area contributed by atoms with E-state index in [0.717, 1.165) is 5.56 Å². The lowest BCUT2D eigenvalue weighted by Gasteiger charge is -2.07. The Morgan fingerprint density at radius 2 is 2.22 bits per heavy atom. The molecule has 2 aromatic rings. The van der Waals surface area contributed by atoms with Crippen molar-refractivity contribution in [2.75, 3.05) is 6.61 Å². The van der Waals surface area contributed by atoms with Crippen LogP contribution < -0.4 is 4.74 Å². The zero-order valence-electron chi connectivity index (χ0n) is 10.1. The van der Waals surface area contributed by atoms with Gasteiger partial charge in [0.25, 0.3) is 0 Å². The first-order valence-electron chi connectivity index (χ1n) is 5.68. The van der Waals surface area contributed by atoms with Gasteiger partial charge < -0.3 is 9.84 Å². The van der Waals surface area contributed by atoms with E-state index in [2.05, 4.69) is 5.10 Å². The Bertz CT molecular complexity index is 525. The van der Waals surface area contributed by atoms with Gasteiger partial charge in [-0.15, -0.1) is 0 Å². The molecular weight excluding hydrogens is 235 g/mol.